The molecule has 0 atom stereocenters. The lowest BCUT2D eigenvalue weighted by molar-refractivity contribution is -0.116. The van der Waals surface area contributed by atoms with Crippen molar-refractivity contribution in [2.45, 2.75) is 30.8 Å². The van der Waals surface area contributed by atoms with Crippen LogP contribution < -0.4 is 5.32 Å². The molecule has 1 N–H and O–H groups in total. The number of fused-ring (bicyclic) bond motifs is 1. The zero-order valence-corrected chi connectivity index (χ0v) is 19.6. The Balaban J connectivity index is 1.50. The second-order valence-corrected chi connectivity index (χ2v) is 10.7. The second-order valence-electron chi connectivity index (χ2n) is 8.63. The first-order valence-electron chi connectivity index (χ1n) is 11.2. The molecule has 6 nitrogen and oxygen atoms in total. The molecule has 3 aromatic carbocycles. The average molecular weight is 472 g/mol. The van der Waals surface area contributed by atoms with Crippen LogP contribution in [0.3, 0.4) is 0 Å². The summed E-state index contributed by atoms with van der Waals surface area (Å²) in [5.41, 5.74) is 4.96. The highest BCUT2D eigenvalue weighted by atomic mass is 32.2. The number of sulfone groups is 1. The van der Waals surface area contributed by atoms with Crippen LogP contribution in [0, 0.1) is 6.92 Å². The van der Waals surface area contributed by atoms with Gasteiger partial charge in [0.25, 0.3) is 0 Å². The maximum atomic E-state index is 13.4. The third-order valence-corrected chi connectivity index (χ3v) is 7.62. The molecule has 1 aliphatic heterocycles. The van der Waals surface area contributed by atoms with Gasteiger partial charge in [0, 0.05) is 17.9 Å². The molecule has 0 saturated carbocycles. The number of aryl methyl sites for hydroxylation is 1. The Morgan fingerprint density at radius 2 is 1.50 bits per heavy atom. The van der Waals surface area contributed by atoms with Crippen molar-refractivity contribution in [1.29, 1.82) is 0 Å². The van der Waals surface area contributed by atoms with E-state index in [1.54, 1.807) is 4.68 Å². The minimum Gasteiger partial charge on any atom is -0.310 e. The Bertz CT molecular complexity index is 1410. The summed E-state index contributed by atoms with van der Waals surface area (Å²) in [6, 6.07) is 27.6. The van der Waals surface area contributed by atoms with Crippen LogP contribution in [0.15, 0.2) is 84.9 Å². The first kappa shape index (κ1) is 22.1. The normalized spacial score (nSPS) is 14.2. The van der Waals surface area contributed by atoms with Crippen molar-refractivity contribution >= 4 is 21.6 Å². The maximum Gasteiger partial charge on any atom is 0.226 e. The Hall–Kier alpha value is -3.71. The molecule has 0 unspecified atom stereocenters. The molecule has 0 saturated heterocycles. The fraction of sp³-hybridized carbons (Fsp3) is 0.185. The van der Waals surface area contributed by atoms with E-state index in [0.29, 0.717) is 17.1 Å². The summed E-state index contributed by atoms with van der Waals surface area (Å²) in [7, 11) is -3.27. The number of hydrogen-bond donors (Lipinski definition) is 1. The summed E-state index contributed by atoms with van der Waals surface area (Å²) in [5, 5.41) is 7.61. The van der Waals surface area contributed by atoms with Gasteiger partial charge in [-0.3, -0.25) is 4.79 Å². The second kappa shape index (κ2) is 8.91. The van der Waals surface area contributed by atoms with Crippen molar-refractivity contribution in [2.75, 3.05) is 5.32 Å². The minimum atomic E-state index is -3.27. The van der Waals surface area contributed by atoms with Gasteiger partial charge >= 0.3 is 0 Å². The lowest BCUT2D eigenvalue weighted by Crippen LogP contribution is -2.20. The lowest BCUT2D eigenvalue weighted by atomic mass is 9.88. The summed E-state index contributed by atoms with van der Waals surface area (Å²) < 4.78 is 26.2. The SMILES string of the molecule is Cc1ccccc1-n1nc2c(c1NC(=O)CC(c1ccccc1)c1ccccc1)CS(=O)(=O)C2. The number of rotatable bonds is 6. The molecule has 4 aromatic rings. The van der Waals surface area contributed by atoms with Crippen LogP contribution in [0.25, 0.3) is 5.69 Å². The van der Waals surface area contributed by atoms with E-state index in [9.17, 15) is 13.2 Å². The van der Waals surface area contributed by atoms with Crippen molar-refractivity contribution in [1.82, 2.24) is 9.78 Å². The largest absolute Gasteiger partial charge is 0.310 e. The van der Waals surface area contributed by atoms with Gasteiger partial charge in [0.1, 0.15) is 5.82 Å². The maximum absolute atomic E-state index is 13.4. The van der Waals surface area contributed by atoms with E-state index < -0.39 is 9.84 Å². The number of para-hydroxylation sites is 1. The molecule has 172 valence electrons. The highest BCUT2D eigenvalue weighted by molar-refractivity contribution is 7.90. The third kappa shape index (κ3) is 4.39. The van der Waals surface area contributed by atoms with Crippen LogP contribution >= 0.6 is 0 Å². The molecule has 0 spiro atoms. The van der Waals surface area contributed by atoms with Gasteiger partial charge in [-0.2, -0.15) is 5.10 Å². The quantitative estimate of drug-likeness (QED) is 0.439. The van der Waals surface area contributed by atoms with Gasteiger partial charge in [-0.05, 0) is 29.7 Å². The van der Waals surface area contributed by atoms with Crippen LogP contribution in [0.2, 0.25) is 0 Å². The Morgan fingerprint density at radius 1 is 0.912 bits per heavy atom. The van der Waals surface area contributed by atoms with Gasteiger partial charge in [-0.15, -0.1) is 0 Å². The van der Waals surface area contributed by atoms with Crippen LogP contribution in [0.1, 0.15) is 40.3 Å². The van der Waals surface area contributed by atoms with Gasteiger partial charge in [0.15, 0.2) is 9.84 Å². The molecule has 1 amide bonds. The number of amides is 1. The molecule has 1 aliphatic rings. The highest BCUT2D eigenvalue weighted by Crippen LogP contribution is 2.34. The fourth-order valence-electron chi connectivity index (χ4n) is 4.51. The predicted octanol–water partition coefficient (Wildman–Crippen LogP) is 4.77. The van der Waals surface area contributed by atoms with E-state index in [4.69, 9.17) is 0 Å². The topological polar surface area (TPSA) is 81.1 Å². The molecule has 5 rings (SSSR count). The van der Waals surface area contributed by atoms with Crippen LogP contribution in [0.4, 0.5) is 5.82 Å². The van der Waals surface area contributed by atoms with E-state index in [0.717, 1.165) is 22.4 Å². The van der Waals surface area contributed by atoms with Gasteiger partial charge in [0.05, 0.1) is 22.9 Å². The zero-order chi connectivity index (χ0) is 23.7. The number of anilines is 1. The summed E-state index contributed by atoms with van der Waals surface area (Å²) in [4.78, 5) is 13.4. The highest BCUT2D eigenvalue weighted by Gasteiger charge is 2.33. The molecular weight excluding hydrogens is 446 g/mol. The van der Waals surface area contributed by atoms with E-state index in [-0.39, 0.29) is 29.8 Å². The number of carbonyl (C=O) groups excluding carboxylic acids is 1. The van der Waals surface area contributed by atoms with Crippen molar-refractivity contribution < 1.29 is 13.2 Å². The predicted molar refractivity (Wildman–Crippen MR) is 133 cm³/mol. The molecule has 2 heterocycles. The van der Waals surface area contributed by atoms with Gasteiger partial charge in [-0.25, -0.2) is 13.1 Å². The Morgan fingerprint density at radius 3 is 2.12 bits per heavy atom. The summed E-state index contributed by atoms with van der Waals surface area (Å²) in [6.45, 7) is 1.96. The van der Waals surface area contributed by atoms with E-state index in [2.05, 4.69) is 10.4 Å². The van der Waals surface area contributed by atoms with Gasteiger partial charge < -0.3 is 5.32 Å². The summed E-state index contributed by atoms with van der Waals surface area (Å²) in [6.07, 6.45) is 0.217. The summed E-state index contributed by atoms with van der Waals surface area (Å²) >= 11 is 0. The van der Waals surface area contributed by atoms with Crippen molar-refractivity contribution in [3.05, 3.63) is 113 Å². The molecule has 0 aliphatic carbocycles. The number of benzene rings is 3. The standard InChI is InChI=1S/C27H25N3O3S/c1-19-10-8-9-15-25(19)30-27(23-17-34(32,33)18-24(23)29-30)28-26(31)16-22(20-11-4-2-5-12-20)21-13-6-3-7-14-21/h2-15,22H,16-18H2,1H3,(H,28,31). The number of nitrogens with one attached hydrogen (secondary N) is 1. The molecule has 7 heteroatoms. The smallest absolute Gasteiger partial charge is 0.226 e. The monoisotopic (exact) mass is 471 g/mol. The Kier molecular flexibility index (Phi) is 5.79. The lowest BCUT2D eigenvalue weighted by Gasteiger charge is -2.19. The first-order valence-corrected chi connectivity index (χ1v) is 13.0. The molecule has 1 aromatic heterocycles. The first-order chi connectivity index (χ1) is 16.4. The van der Waals surface area contributed by atoms with Crippen molar-refractivity contribution in [2.24, 2.45) is 0 Å². The van der Waals surface area contributed by atoms with E-state index in [1.807, 2.05) is 91.9 Å². The molecular formula is C27H25N3O3S. The minimum absolute atomic E-state index is 0.110. The number of hydrogen-bond acceptors (Lipinski definition) is 4. The molecule has 0 bridgehead atoms. The number of nitrogens with zero attached hydrogens (tertiary/aromatic N) is 2. The molecule has 34 heavy (non-hydrogen) atoms. The number of carbonyl (C=O) groups is 1. The van der Waals surface area contributed by atoms with Crippen LogP contribution in [0.5, 0.6) is 0 Å². The van der Waals surface area contributed by atoms with Crippen molar-refractivity contribution in [3.63, 3.8) is 0 Å². The summed E-state index contributed by atoms with van der Waals surface area (Å²) in [5.74, 6) is -0.116. The third-order valence-electron chi connectivity index (χ3n) is 6.18. The number of aromatic nitrogens is 2. The van der Waals surface area contributed by atoms with Crippen molar-refractivity contribution in [3.8, 4) is 5.69 Å². The van der Waals surface area contributed by atoms with E-state index >= 15 is 0 Å². The van der Waals surface area contributed by atoms with Crippen LogP contribution in [-0.4, -0.2) is 24.1 Å². The van der Waals surface area contributed by atoms with E-state index in [1.165, 1.54) is 0 Å². The Labute approximate surface area is 199 Å². The zero-order valence-electron chi connectivity index (χ0n) is 18.8. The van der Waals surface area contributed by atoms with Gasteiger partial charge in [0.2, 0.25) is 5.91 Å². The van der Waals surface area contributed by atoms with Crippen LogP contribution in [-0.2, 0) is 26.1 Å². The average Bonchev–Trinajstić information content (AvgIpc) is 3.31. The molecule has 0 radical (unpaired) electrons. The molecule has 0 fully saturated rings. The van der Waals surface area contributed by atoms with Gasteiger partial charge in [-0.1, -0.05) is 78.9 Å². The fourth-order valence-corrected chi connectivity index (χ4v) is 6.01.